The molecular formula is C13H15F2N3O. The number of benzene rings is 1. The van der Waals surface area contributed by atoms with Crippen molar-refractivity contribution in [2.24, 2.45) is 0 Å². The minimum Gasteiger partial charge on any atom is -0.338 e. The first-order valence-corrected chi connectivity index (χ1v) is 6.07. The van der Waals surface area contributed by atoms with Crippen molar-refractivity contribution in [3.8, 4) is 0 Å². The molecule has 1 heterocycles. The first kappa shape index (κ1) is 13.6. The highest BCUT2D eigenvalue weighted by Crippen LogP contribution is 2.16. The van der Waals surface area contributed by atoms with E-state index in [1.165, 1.54) is 12.1 Å². The first-order valence-electron chi connectivity index (χ1n) is 6.07. The predicted molar refractivity (Wildman–Crippen MR) is 65.6 cm³/mol. The van der Waals surface area contributed by atoms with Crippen molar-refractivity contribution in [3.05, 3.63) is 47.1 Å². The Hall–Kier alpha value is -1.82. The fourth-order valence-corrected chi connectivity index (χ4v) is 1.88. The lowest BCUT2D eigenvalue weighted by Crippen LogP contribution is -2.15. The maximum atomic E-state index is 13.1. The molecule has 0 spiro atoms. The fourth-order valence-electron chi connectivity index (χ4n) is 1.88. The predicted octanol–water partition coefficient (Wildman–Crippen LogP) is 2.61. The van der Waals surface area contributed by atoms with Crippen molar-refractivity contribution in [2.75, 3.05) is 7.05 Å². The zero-order valence-electron chi connectivity index (χ0n) is 10.8. The van der Waals surface area contributed by atoms with Gasteiger partial charge >= 0.3 is 0 Å². The highest BCUT2D eigenvalue weighted by Gasteiger charge is 2.15. The van der Waals surface area contributed by atoms with Gasteiger partial charge in [0.1, 0.15) is 11.6 Å². The summed E-state index contributed by atoms with van der Waals surface area (Å²) in [6.45, 7) is 1.99. The second-order valence-electron chi connectivity index (χ2n) is 4.25. The summed E-state index contributed by atoms with van der Waals surface area (Å²) >= 11 is 0. The minimum atomic E-state index is -0.611. The summed E-state index contributed by atoms with van der Waals surface area (Å²) in [5.41, 5.74) is 0.474. The van der Waals surface area contributed by atoms with Gasteiger partial charge < -0.3 is 9.84 Å². The summed E-state index contributed by atoms with van der Waals surface area (Å²) in [5, 5.41) is 6.86. The second-order valence-corrected chi connectivity index (χ2v) is 4.25. The zero-order chi connectivity index (χ0) is 13.8. The van der Waals surface area contributed by atoms with Gasteiger partial charge in [-0.05, 0) is 31.2 Å². The highest BCUT2D eigenvalue weighted by molar-refractivity contribution is 5.21. The van der Waals surface area contributed by atoms with Gasteiger partial charge in [0.25, 0.3) is 0 Å². The summed E-state index contributed by atoms with van der Waals surface area (Å²) in [7, 11) is 1.81. The van der Waals surface area contributed by atoms with Gasteiger partial charge in [-0.1, -0.05) is 12.1 Å². The molecule has 19 heavy (non-hydrogen) atoms. The molecule has 1 atom stereocenters. The number of nitrogens with one attached hydrogen (secondary N) is 1. The summed E-state index contributed by atoms with van der Waals surface area (Å²) in [5.74, 6) is -0.327. The summed E-state index contributed by atoms with van der Waals surface area (Å²) < 4.78 is 31.2. The summed E-state index contributed by atoms with van der Waals surface area (Å²) in [6, 6.07) is 3.34. The molecule has 1 aromatic carbocycles. The average Bonchev–Trinajstić information content (AvgIpc) is 2.78. The number of halogens is 2. The Kier molecular flexibility index (Phi) is 4.21. The van der Waals surface area contributed by atoms with Gasteiger partial charge in [0, 0.05) is 12.5 Å². The maximum Gasteiger partial charge on any atom is 0.243 e. The van der Waals surface area contributed by atoms with Gasteiger partial charge in [0.05, 0.1) is 6.04 Å². The SMILES string of the molecule is CCC(NC)c1nc(Cc2cc(F)cc(F)c2)no1. The van der Waals surface area contributed by atoms with Gasteiger partial charge in [-0.15, -0.1) is 0 Å². The molecule has 1 unspecified atom stereocenters. The van der Waals surface area contributed by atoms with Gasteiger partial charge in [0.15, 0.2) is 5.82 Å². The summed E-state index contributed by atoms with van der Waals surface area (Å²) in [4.78, 5) is 4.22. The number of hydrogen-bond donors (Lipinski definition) is 1. The van der Waals surface area contributed by atoms with Crippen molar-refractivity contribution in [2.45, 2.75) is 25.8 Å². The minimum absolute atomic E-state index is 0.00880. The molecule has 0 aliphatic carbocycles. The normalized spacial score (nSPS) is 12.6. The molecule has 4 nitrogen and oxygen atoms in total. The molecule has 2 rings (SSSR count). The lowest BCUT2D eigenvalue weighted by Gasteiger charge is -2.06. The van der Waals surface area contributed by atoms with Crippen LogP contribution in [0.25, 0.3) is 0 Å². The molecule has 0 saturated carbocycles. The Bertz CT molecular complexity index is 532. The average molecular weight is 267 g/mol. The number of nitrogens with zero attached hydrogens (tertiary/aromatic N) is 2. The quantitative estimate of drug-likeness (QED) is 0.904. The van der Waals surface area contributed by atoms with Gasteiger partial charge in [-0.3, -0.25) is 0 Å². The Labute approximate surface area is 109 Å². The third kappa shape index (κ3) is 3.35. The first-order chi connectivity index (χ1) is 9.12. The Balaban J connectivity index is 2.15. The lowest BCUT2D eigenvalue weighted by molar-refractivity contribution is 0.331. The molecule has 1 N–H and O–H groups in total. The van der Waals surface area contributed by atoms with Crippen molar-refractivity contribution in [3.63, 3.8) is 0 Å². The van der Waals surface area contributed by atoms with E-state index in [0.717, 1.165) is 12.5 Å². The van der Waals surface area contributed by atoms with Crippen molar-refractivity contribution < 1.29 is 13.3 Å². The van der Waals surface area contributed by atoms with E-state index >= 15 is 0 Å². The van der Waals surface area contributed by atoms with Crippen LogP contribution in [-0.2, 0) is 6.42 Å². The van der Waals surface area contributed by atoms with Crippen molar-refractivity contribution in [1.82, 2.24) is 15.5 Å². The summed E-state index contributed by atoms with van der Waals surface area (Å²) in [6.07, 6.45) is 1.05. The molecular weight excluding hydrogens is 252 g/mol. The van der Waals surface area contributed by atoms with Crippen LogP contribution in [0.3, 0.4) is 0 Å². The van der Waals surface area contributed by atoms with Gasteiger partial charge in [-0.2, -0.15) is 4.98 Å². The van der Waals surface area contributed by atoms with Crippen LogP contribution in [-0.4, -0.2) is 17.2 Å². The Morgan fingerprint density at radius 1 is 1.26 bits per heavy atom. The molecule has 0 aliphatic rings. The van der Waals surface area contributed by atoms with Crippen molar-refractivity contribution in [1.29, 1.82) is 0 Å². The van der Waals surface area contributed by atoms with E-state index in [2.05, 4.69) is 15.5 Å². The van der Waals surface area contributed by atoms with Crippen LogP contribution in [0.5, 0.6) is 0 Å². The maximum absolute atomic E-state index is 13.1. The largest absolute Gasteiger partial charge is 0.338 e. The Morgan fingerprint density at radius 2 is 1.95 bits per heavy atom. The molecule has 0 amide bonds. The fraction of sp³-hybridized carbons (Fsp3) is 0.385. The van der Waals surface area contributed by atoms with E-state index in [4.69, 9.17) is 4.52 Å². The number of rotatable bonds is 5. The zero-order valence-corrected chi connectivity index (χ0v) is 10.8. The molecule has 0 fully saturated rings. The molecule has 1 aromatic heterocycles. The van der Waals surface area contributed by atoms with Crippen LogP contribution >= 0.6 is 0 Å². The van der Waals surface area contributed by atoms with E-state index in [9.17, 15) is 8.78 Å². The molecule has 6 heteroatoms. The van der Waals surface area contributed by atoms with E-state index in [0.29, 0.717) is 17.3 Å². The molecule has 0 radical (unpaired) electrons. The van der Waals surface area contributed by atoms with Crippen LogP contribution in [0.15, 0.2) is 22.7 Å². The van der Waals surface area contributed by atoms with Crippen LogP contribution in [0.1, 0.15) is 36.7 Å². The highest BCUT2D eigenvalue weighted by atomic mass is 19.1. The topological polar surface area (TPSA) is 51.0 Å². The monoisotopic (exact) mass is 267 g/mol. The van der Waals surface area contributed by atoms with Crippen LogP contribution in [0.2, 0.25) is 0 Å². The van der Waals surface area contributed by atoms with Crippen LogP contribution in [0, 0.1) is 11.6 Å². The molecule has 0 saturated heterocycles. The van der Waals surface area contributed by atoms with E-state index in [1.54, 1.807) is 7.05 Å². The number of hydrogen-bond acceptors (Lipinski definition) is 4. The third-order valence-corrected chi connectivity index (χ3v) is 2.82. The molecule has 0 bridgehead atoms. The molecule has 2 aromatic rings. The molecule has 0 aliphatic heterocycles. The standard InChI is InChI=1S/C13H15F2N3O/c1-3-11(16-2)13-17-12(18-19-13)6-8-4-9(14)7-10(15)5-8/h4-5,7,11,16H,3,6H2,1-2H3. The number of aromatic nitrogens is 2. The van der Waals surface area contributed by atoms with Gasteiger partial charge in [-0.25, -0.2) is 8.78 Å². The molecule has 102 valence electrons. The third-order valence-electron chi connectivity index (χ3n) is 2.82. The van der Waals surface area contributed by atoms with Crippen molar-refractivity contribution >= 4 is 0 Å². The second kappa shape index (κ2) is 5.88. The van der Waals surface area contributed by atoms with E-state index in [-0.39, 0.29) is 12.5 Å². The Morgan fingerprint density at radius 3 is 2.53 bits per heavy atom. The smallest absolute Gasteiger partial charge is 0.243 e. The van der Waals surface area contributed by atoms with Crippen LogP contribution in [0.4, 0.5) is 8.78 Å². The van der Waals surface area contributed by atoms with Crippen LogP contribution < -0.4 is 5.32 Å². The lowest BCUT2D eigenvalue weighted by atomic mass is 10.1. The van der Waals surface area contributed by atoms with Gasteiger partial charge in [0.2, 0.25) is 5.89 Å². The van der Waals surface area contributed by atoms with E-state index < -0.39 is 11.6 Å². The van der Waals surface area contributed by atoms with E-state index in [1.807, 2.05) is 6.92 Å².